The highest BCUT2D eigenvalue weighted by Gasteiger charge is 2.20. The third-order valence-electron chi connectivity index (χ3n) is 2.57. The van der Waals surface area contributed by atoms with Crippen LogP contribution in [0.25, 0.3) is 0 Å². The van der Waals surface area contributed by atoms with E-state index in [1.807, 2.05) is 0 Å². The smallest absolute Gasteiger partial charge is 0.136 e. The van der Waals surface area contributed by atoms with Crippen LogP contribution in [0.2, 0.25) is 0 Å². The standard InChI is InChI=1S/C5H9NO2.C5H9NO/c7-3-4-1-5(8)2-6-4;7-4-5-2-1-3-6-5/h3-6,8H,1-2H2;4-6H,1-3H2/t4-,5?;5-/m00/s1. The van der Waals surface area contributed by atoms with E-state index in [9.17, 15) is 9.59 Å². The van der Waals surface area contributed by atoms with Crippen LogP contribution in [-0.2, 0) is 9.59 Å². The molecule has 0 saturated carbocycles. The van der Waals surface area contributed by atoms with Crippen LogP contribution in [0.15, 0.2) is 0 Å². The summed E-state index contributed by atoms with van der Waals surface area (Å²) in [6.45, 7) is 1.58. The minimum absolute atomic E-state index is 0.106. The summed E-state index contributed by atoms with van der Waals surface area (Å²) in [5.74, 6) is 0. The van der Waals surface area contributed by atoms with E-state index < -0.39 is 0 Å². The van der Waals surface area contributed by atoms with Crippen LogP contribution in [0.1, 0.15) is 19.3 Å². The molecule has 2 fully saturated rings. The molecule has 0 bridgehead atoms. The normalized spacial score (nSPS) is 34.3. The summed E-state index contributed by atoms with van der Waals surface area (Å²) >= 11 is 0. The molecule has 2 rings (SSSR count). The Bertz CT molecular complexity index is 205. The van der Waals surface area contributed by atoms with Crippen LogP contribution in [0.3, 0.4) is 0 Å². The molecule has 2 saturated heterocycles. The number of aliphatic hydroxyl groups is 1. The number of aliphatic hydroxyl groups excluding tert-OH is 1. The first kappa shape index (κ1) is 12.3. The molecule has 0 radical (unpaired) electrons. The summed E-state index contributed by atoms with van der Waals surface area (Å²) in [6.07, 6.45) is 4.25. The minimum Gasteiger partial charge on any atom is -0.392 e. The number of nitrogens with one attached hydrogen (secondary N) is 2. The summed E-state index contributed by atoms with van der Waals surface area (Å²) in [6, 6.07) is 0.0602. The van der Waals surface area contributed by atoms with Crippen molar-refractivity contribution in [2.45, 2.75) is 37.5 Å². The zero-order chi connectivity index (χ0) is 11.1. The third kappa shape index (κ3) is 4.51. The Hall–Kier alpha value is -0.780. The van der Waals surface area contributed by atoms with E-state index in [-0.39, 0.29) is 18.2 Å². The fourth-order valence-electron chi connectivity index (χ4n) is 1.68. The van der Waals surface area contributed by atoms with Gasteiger partial charge in [-0.25, -0.2) is 0 Å². The van der Waals surface area contributed by atoms with E-state index in [4.69, 9.17) is 5.11 Å². The Labute approximate surface area is 89.2 Å². The topological polar surface area (TPSA) is 78.4 Å². The largest absolute Gasteiger partial charge is 0.392 e. The van der Waals surface area contributed by atoms with Gasteiger partial charge in [-0.15, -0.1) is 0 Å². The first-order chi connectivity index (χ1) is 7.26. The van der Waals surface area contributed by atoms with Crippen molar-refractivity contribution < 1.29 is 14.7 Å². The average molecular weight is 214 g/mol. The molecule has 0 aromatic heterocycles. The summed E-state index contributed by atoms with van der Waals surface area (Å²) in [7, 11) is 0. The highest BCUT2D eigenvalue weighted by atomic mass is 16.3. The van der Waals surface area contributed by atoms with E-state index in [1.54, 1.807) is 0 Å². The van der Waals surface area contributed by atoms with E-state index in [2.05, 4.69) is 10.6 Å². The quantitative estimate of drug-likeness (QED) is 0.506. The summed E-state index contributed by atoms with van der Waals surface area (Å²) in [5.41, 5.74) is 0. The van der Waals surface area contributed by atoms with Gasteiger partial charge in [0.15, 0.2) is 0 Å². The number of carbonyl (C=O) groups is 2. The highest BCUT2D eigenvalue weighted by molar-refractivity contribution is 5.58. The number of hydrogen-bond donors (Lipinski definition) is 3. The van der Waals surface area contributed by atoms with E-state index in [0.29, 0.717) is 13.0 Å². The molecule has 15 heavy (non-hydrogen) atoms. The van der Waals surface area contributed by atoms with Gasteiger partial charge in [0.25, 0.3) is 0 Å². The Morgan fingerprint density at radius 1 is 1.13 bits per heavy atom. The molecule has 0 amide bonds. The monoisotopic (exact) mass is 214 g/mol. The lowest BCUT2D eigenvalue weighted by molar-refractivity contribution is -0.110. The van der Waals surface area contributed by atoms with E-state index in [1.165, 1.54) is 0 Å². The van der Waals surface area contributed by atoms with Crippen LogP contribution < -0.4 is 10.6 Å². The van der Waals surface area contributed by atoms with Crippen molar-refractivity contribution in [3.05, 3.63) is 0 Å². The van der Waals surface area contributed by atoms with Crippen molar-refractivity contribution in [3.63, 3.8) is 0 Å². The second-order valence-electron chi connectivity index (χ2n) is 3.88. The average Bonchev–Trinajstić information content (AvgIpc) is 2.88. The molecular weight excluding hydrogens is 196 g/mol. The SMILES string of the molecule is O=C[C@@H]1CC(O)CN1.O=C[C@@H]1CCCN1. The lowest BCUT2D eigenvalue weighted by atomic mass is 10.2. The van der Waals surface area contributed by atoms with Gasteiger partial charge in [0.1, 0.15) is 12.6 Å². The number of carbonyl (C=O) groups excluding carboxylic acids is 2. The highest BCUT2D eigenvalue weighted by Crippen LogP contribution is 2.02. The van der Waals surface area contributed by atoms with Crippen LogP contribution >= 0.6 is 0 Å². The lowest BCUT2D eigenvalue weighted by Crippen LogP contribution is -2.22. The van der Waals surface area contributed by atoms with Gasteiger partial charge in [-0.1, -0.05) is 0 Å². The molecule has 0 aliphatic carbocycles. The Morgan fingerprint density at radius 3 is 2.13 bits per heavy atom. The van der Waals surface area contributed by atoms with Crippen molar-refractivity contribution in [2.24, 2.45) is 0 Å². The van der Waals surface area contributed by atoms with Gasteiger partial charge < -0.3 is 25.3 Å². The summed E-state index contributed by atoms with van der Waals surface area (Å²) in [4.78, 5) is 19.9. The van der Waals surface area contributed by atoms with Crippen LogP contribution in [-0.4, -0.2) is 49.0 Å². The van der Waals surface area contributed by atoms with Crippen LogP contribution in [0.4, 0.5) is 0 Å². The zero-order valence-corrected chi connectivity index (χ0v) is 8.69. The Kier molecular flexibility index (Phi) is 5.45. The van der Waals surface area contributed by atoms with Gasteiger partial charge in [-0.3, -0.25) is 0 Å². The summed E-state index contributed by atoms with van der Waals surface area (Å²) in [5, 5.41) is 14.7. The Balaban J connectivity index is 0.000000151. The minimum atomic E-state index is -0.315. The Morgan fingerprint density at radius 2 is 1.87 bits per heavy atom. The molecule has 0 aromatic rings. The molecule has 5 heteroatoms. The molecule has 3 atom stereocenters. The fraction of sp³-hybridized carbons (Fsp3) is 0.800. The molecule has 5 nitrogen and oxygen atoms in total. The fourth-order valence-corrected chi connectivity index (χ4v) is 1.68. The number of aldehydes is 2. The molecule has 1 unspecified atom stereocenters. The van der Waals surface area contributed by atoms with Gasteiger partial charge in [0.05, 0.1) is 18.2 Å². The number of β-amino-alcohol motifs (C(OH)–C–C–N with tert-alkyl or cyclic N) is 1. The van der Waals surface area contributed by atoms with E-state index in [0.717, 1.165) is 32.0 Å². The first-order valence-electron chi connectivity index (χ1n) is 5.31. The first-order valence-corrected chi connectivity index (χ1v) is 5.31. The molecule has 86 valence electrons. The zero-order valence-electron chi connectivity index (χ0n) is 8.69. The molecule has 2 aliphatic rings. The van der Waals surface area contributed by atoms with E-state index >= 15 is 0 Å². The predicted molar refractivity (Wildman–Crippen MR) is 55.6 cm³/mol. The van der Waals surface area contributed by atoms with Crippen molar-refractivity contribution in [1.29, 1.82) is 0 Å². The van der Waals surface area contributed by atoms with Crippen LogP contribution in [0, 0.1) is 0 Å². The molecule has 2 aliphatic heterocycles. The van der Waals surface area contributed by atoms with Crippen molar-refractivity contribution in [1.82, 2.24) is 10.6 Å². The molecule has 0 spiro atoms. The maximum Gasteiger partial charge on any atom is 0.136 e. The van der Waals surface area contributed by atoms with Crippen LogP contribution in [0.5, 0.6) is 0 Å². The number of hydrogen-bond acceptors (Lipinski definition) is 5. The summed E-state index contributed by atoms with van der Waals surface area (Å²) < 4.78 is 0. The maximum atomic E-state index is 9.98. The van der Waals surface area contributed by atoms with Gasteiger partial charge in [0, 0.05) is 6.54 Å². The second kappa shape index (κ2) is 6.66. The maximum absolute atomic E-state index is 9.98. The molecule has 3 N–H and O–H groups in total. The predicted octanol–water partition coefficient (Wildman–Crippen LogP) is -1.15. The van der Waals surface area contributed by atoms with Gasteiger partial charge in [0.2, 0.25) is 0 Å². The van der Waals surface area contributed by atoms with Crippen molar-refractivity contribution in [2.75, 3.05) is 13.1 Å². The van der Waals surface area contributed by atoms with Gasteiger partial charge >= 0.3 is 0 Å². The second-order valence-corrected chi connectivity index (χ2v) is 3.88. The van der Waals surface area contributed by atoms with Crippen molar-refractivity contribution in [3.8, 4) is 0 Å². The number of rotatable bonds is 2. The molecular formula is C10H18N2O3. The molecule has 2 heterocycles. The third-order valence-corrected chi connectivity index (χ3v) is 2.57. The van der Waals surface area contributed by atoms with Gasteiger partial charge in [-0.2, -0.15) is 0 Å². The lowest BCUT2D eigenvalue weighted by Gasteiger charge is -1.94. The molecule has 0 aromatic carbocycles. The van der Waals surface area contributed by atoms with Crippen molar-refractivity contribution >= 4 is 12.6 Å². The van der Waals surface area contributed by atoms with Gasteiger partial charge in [-0.05, 0) is 25.8 Å².